The Hall–Kier alpha value is -0.970. The van der Waals surface area contributed by atoms with Crippen LogP contribution in [0.4, 0.5) is 0 Å². The molecule has 0 saturated carbocycles. The fourth-order valence-electron chi connectivity index (χ4n) is 1.56. The molecule has 0 amide bonds. The first kappa shape index (κ1) is 11.5. The van der Waals surface area contributed by atoms with Gasteiger partial charge in [-0.25, -0.2) is 0 Å². The molecule has 1 unspecified atom stereocenters. The first-order valence-electron chi connectivity index (χ1n) is 4.85. The van der Waals surface area contributed by atoms with E-state index in [0.29, 0.717) is 22.5 Å². The molecule has 2 aromatic heterocycles. The highest BCUT2D eigenvalue weighted by Crippen LogP contribution is 2.28. The Morgan fingerprint density at radius 3 is 2.81 bits per heavy atom. The molecule has 0 fully saturated rings. The lowest BCUT2D eigenvalue weighted by Gasteiger charge is -2.11. The minimum Gasteiger partial charge on any atom is -0.448 e. The average molecular weight is 260 g/mol. The van der Waals surface area contributed by atoms with E-state index >= 15 is 0 Å². The number of hydrogen-bond acceptors (Lipinski definition) is 3. The first-order chi connectivity index (χ1) is 7.63. The van der Waals surface area contributed by atoms with Crippen molar-refractivity contribution in [1.82, 2.24) is 9.78 Å². The summed E-state index contributed by atoms with van der Waals surface area (Å²) in [7, 11) is 0. The van der Waals surface area contributed by atoms with E-state index in [0.717, 1.165) is 5.69 Å². The minimum atomic E-state index is -0.456. The van der Waals surface area contributed by atoms with Gasteiger partial charge in [-0.2, -0.15) is 5.10 Å². The van der Waals surface area contributed by atoms with Crippen molar-refractivity contribution in [1.29, 1.82) is 0 Å². The molecule has 6 heteroatoms. The molecule has 0 aliphatic carbocycles. The maximum absolute atomic E-state index is 6.05. The van der Waals surface area contributed by atoms with Crippen molar-refractivity contribution < 1.29 is 4.42 Å². The van der Waals surface area contributed by atoms with Gasteiger partial charge in [-0.1, -0.05) is 11.6 Å². The molecule has 0 aliphatic rings. The van der Waals surface area contributed by atoms with Gasteiger partial charge in [-0.3, -0.25) is 4.68 Å². The summed E-state index contributed by atoms with van der Waals surface area (Å²) in [6.45, 7) is 2.67. The van der Waals surface area contributed by atoms with Crippen molar-refractivity contribution in [2.75, 3.05) is 0 Å². The highest BCUT2D eigenvalue weighted by atomic mass is 35.5. The molecule has 2 N–H and O–H groups in total. The third-order valence-corrected chi connectivity index (χ3v) is 2.82. The second-order valence-corrected chi connectivity index (χ2v) is 4.09. The lowest BCUT2D eigenvalue weighted by atomic mass is 10.1. The number of aryl methyl sites for hydroxylation is 1. The topological polar surface area (TPSA) is 57.0 Å². The standard InChI is InChI=1S/C10H11Cl2N3O/c1-2-15-10(6(11)5-14-15)9(13)7-3-4-8(12)16-7/h3-5,9H,2,13H2,1H3. The Morgan fingerprint density at radius 2 is 2.25 bits per heavy atom. The molecule has 86 valence electrons. The summed E-state index contributed by atoms with van der Waals surface area (Å²) >= 11 is 11.7. The highest BCUT2D eigenvalue weighted by Gasteiger charge is 2.20. The predicted molar refractivity (Wildman–Crippen MR) is 62.7 cm³/mol. The van der Waals surface area contributed by atoms with Crippen LogP contribution in [0.3, 0.4) is 0 Å². The van der Waals surface area contributed by atoms with E-state index in [1.165, 1.54) is 0 Å². The van der Waals surface area contributed by atoms with Crippen molar-refractivity contribution in [3.63, 3.8) is 0 Å². The Balaban J connectivity index is 2.40. The Bertz CT molecular complexity index is 492. The van der Waals surface area contributed by atoms with Gasteiger partial charge in [0.15, 0.2) is 5.22 Å². The molecule has 16 heavy (non-hydrogen) atoms. The highest BCUT2D eigenvalue weighted by molar-refractivity contribution is 6.31. The maximum Gasteiger partial charge on any atom is 0.193 e. The Labute approximate surface area is 103 Å². The van der Waals surface area contributed by atoms with Crippen LogP contribution in [0.5, 0.6) is 0 Å². The van der Waals surface area contributed by atoms with E-state index in [2.05, 4.69) is 5.10 Å². The number of halogens is 2. The molecule has 1 atom stereocenters. The molecule has 0 bridgehead atoms. The third kappa shape index (κ3) is 1.96. The predicted octanol–water partition coefficient (Wildman–Crippen LogP) is 2.85. The summed E-state index contributed by atoms with van der Waals surface area (Å²) in [4.78, 5) is 0. The monoisotopic (exact) mass is 259 g/mol. The van der Waals surface area contributed by atoms with Gasteiger partial charge in [0.25, 0.3) is 0 Å². The fraction of sp³-hybridized carbons (Fsp3) is 0.300. The zero-order chi connectivity index (χ0) is 11.7. The average Bonchev–Trinajstić information content (AvgIpc) is 2.83. The van der Waals surface area contributed by atoms with Gasteiger partial charge in [-0.05, 0) is 30.7 Å². The summed E-state index contributed by atoms with van der Waals surface area (Å²) in [6.07, 6.45) is 1.57. The first-order valence-corrected chi connectivity index (χ1v) is 5.61. The summed E-state index contributed by atoms with van der Waals surface area (Å²) in [5.41, 5.74) is 6.79. The second kappa shape index (κ2) is 4.49. The molecule has 0 aliphatic heterocycles. The molecule has 0 spiro atoms. The third-order valence-electron chi connectivity index (χ3n) is 2.33. The van der Waals surface area contributed by atoms with Gasteiger partial charge >= 0.3 is 0 Å². The zero-order valence-corrected chi connectivity index (χ0v) is 10.2. The summed E-state index contributed by atoms with van der Waals surface area (Å²) < 4.78 is 7.00. The van der Waals surface area contributed by atoms with Crippen molar-refractivity contribution in [2.45, 2.75) is 19.5 Å². The number of nitrogens with zero attached hydrogens (tertiary/aromatic N) is 2. The Morgan fingerprint density at radius 1 is 1.50 bits per heavy atom. The molecule has 2 aromatic rings. The van der Waals surface area contributed by atoms with Gasteiger partial charge in [0.2, 0.25) is 0 Å². The van der Waals surface area contributed by atoms with Crippen LogP contribution in [0.1, 0.15) is 24.4 Å². The lowest BCUT2D eigenvalue weighted by molar-refractivity contribution is 0.474. The smallest absolute Gasteiger partial charge is 0.193 e. The van der Waals surface area contributed by atoms with Crippen LogP contribution >= 0.6 is 23.2 Å². The van der Waals surface area contributed by atoms with Crippen molar-refractivity contribution >= 4 is 23.2 Å². The number of furan rings is 1. The SMILES string of the molecule is CCn1ncc(Cl)c1C(N)c1ccc(Cl)o1. The summed E-state index contributed by atoms with van der Waals surface area (Å²) in [5, 5.41) is 4.96. The summed E-state index contributed by atoms with van der Waals surface area (Å²) in [5.74, 6) is 0.571. The van der Waals surface area contributed by atoms with Crippen LogP contribution in [-0.2, 0) is 6.54 Å². The van der Waals surface area contributed by atoms with Crippen LogP contribution in [0.25, 0.3) is 0 Å². The van der Waals surface area contributed by atoms with Gasteiger partial charge in [0.1, 0.15) is 11.8 Å². The van der Waals surface area contributed by atoms with Crippen LogP contribution in [0.2, 0.25) is 10.2 Å². The van der Waals surface area contributed by atoms with Crippen LogP contribution < -0.4 is 5.73 Å². The molecule has 2 rings (SSSR count). The maximum atomic E-state index is 6.05. The molecular weight excluding hydrogens is 249 g/mol. The molecular formula is C10H11Cl2N3O. The van der Waals surface area contributed by atoms with Gasteiger partial charge in [-0.15, -0.1) is 0 Å². The van der Waals surface area contributed by atoms with E-state index < -0.39 is 6.04 Å². The number of rotatable bonds is 3. The van der Waals surface area contributed by atoms with Gasteiger partial charge in [0, 0.05) is 6.54 Å². The lowest BCUT2D eigenvalue weighted by Crippen LogP contribution is -2.17. The zero-order valence-electron chi connectivity index (χ0n) is 8.65. The molecule has 2 heterocycles. The number of nitrogens with two attached hydrogens (primary N) is 1. The quantitative estimate of drug-likeness (QED) is 0.923. The molecule has 0 radical (unpaired) electrons. The van der Waals surface area contributed by atoms with Crippen molar-refractivity contribution in [2.24, 2.45) is 5.73 Å². The minimum absolute atomic E-state index is 0.309. The van der Waals surface area contributed by atoms with Crippen LogP contribution in [0.15, 0.2) is 22.7 Å². The van der Waals surface area contributed by atoms with E-state index in [4.69, 9.17) is 33.4 Å². The van der Waals surface area contributed by atoms with Crippen LogP contribution in [0, 0.1) is 0 Å². The van der Waals surface area contributed by atoms with E-state index in [1.54, 1.807) is 23.0 Å². The summed E-state index contributed by atoms with van der Waals surface area (Å²) in [6, 6.07) is 2.93. The van der Waals surface area contributed by atoms with E-state index in [1.807, 2.05) is 6.92 Å². The molecule has 4 nitrogen and oxygen atoms in total. The largest absolute Gasteiger partial charge is 0.448 e. The molecule has 0 aromatic carbocycles. The van der Waals surface area contributed by atoms with E-state index in [-0.39, 0.29) is 0 Å². The van der Waals surface area contributed by atoms with Gasteiger partial charge in [0.05, 0.1) is 16.9 Å². The van der Waals surface area contributed by atoms with Crippen LogP contribution in [-0.4, -0.2) is 9.78 Å². The van der Waals surface area contributed by atoms with Crippen molar-refractivity contribution in [3.8, 4) is 0 Å². The van der Waals surface area contributed by atoms with Gasteiger partial charge < -0.3 is 10.2 Å². The number of aromatic nitrogens is 2. The van der Waals surface area contributed by atoms with Crippen molar-refractivity contribution in [3.05, 3.63) is 40.0 Å². The number of hydrogen-bond donors (Lipinski definition) is 1. The second-order valence-electron chi connectivity index (χ2n) is 3.31. The fourth-order valence-corrected chi connectivity index (χ4v) is 1.97. The Kier molecular flexibility index (Phi) is 3.23. The normalized spacial score (nSPS) is 13.0. The van der Waals surface area contributed by atoms with E-state index in [9.17, 15) is 0 Å². The molecule has 0 saturated heterocycles.